The maximum atomic E-state index is 13.9. The Bertz CT molecular complexity index is 2760. The van der Waals surface area contributed by atoms with Crippen molar-refractivity contribution in [3.05, 3.63) is 199 Å². The first-order valence-electron chi connectivity index (χ1n) is 18.5. The van der Waals surface area contributed by atoms with Gasteiger partial charge in [0.05, 0.1) is 0 Å². The van der Waals surface area contributed by atoms with E-state index in [1.54, 1.807) is 6.07 Å². The van der Waals surface area contributed by atoms with Crippen LogP contribution >= 0.6 is 20.8 Å². The molecule has 0 fully saturated rings. The molecule has 0 aromatic heterocycles. The molecule has 2 amide bonds. The van der Waals surface area contributed by atoms with Gasteiger partial charge in [-0.15, -0.1) is 0 Å². The van der Waals surface area contributed by atoms with Gasteiger partial charge in [-0.1, -0.05) is 0 Å². The zero-order chi connectivity index (χ0) is 41.4. The van der Waals surface area contributed by atoms with Crippen LogP contribution in [0.25, 0.3) is 32.7 Å². The number of amides is 2. The molecule has 0 heterocycles. The third-order valence-corrected chi connectivity index (χ3v) is 20.0. The number of anilines is 2. The number of carbonyl (C=O) groups is 1. The molecule has 8 aromatic rings. The molecule has 296 valence electrons. The van der Waals surface area contributed by atoms with Gasteiger partial charge in [0.2, 0.25) is 0 Å². The summed E-state index contributed by atoms with van der Waals surface area (Å²) in [5.74, 6) is 0. The minimum atomic E-state index is -5.09. The van der Waals surface area contributed by atoms with E-state index in [9.17, 15) is 31.1 Å². The Balaban J connectivity index is 1.42. The Labute approximate surface area is 344 Å². The van der Waals surface area contributed by atoms with Gasteiger partial charge in [0.15, 0.2) is 0 Å². The molecule has 0 aliphatic rings. The summed E-state index contributed by atoms with van der Waals surface area (Å²) in [5.41, 5.74) is -0.968. The molecule has 0 bridgehead atoms. The van der Waals surface area contributed by atoms with Crippen LogP contribution in [0.4, 0.5) is 42.5 Å². The Morgan fingerprint density at radius 1 is 0.508 bits per heavy atom. The molecule has 0 saturated heterocycles. The first-order chi connectivity index (χ1) is 28.2. The van der Waals surface area contributed by atoms with Crippen LogP contribution in [0.3, 0.4) is 0 Å². The summed E-state index contributed by atoms with van der Waals surface area (Å²) in [6.45, 7) is 0. The molecule has 0 aliphatic carbocycles. The quantitative estimate of drug-likeness (QED) is 0.116. The second-order valence-electron chi connectivity index (χ2n) is 14.3. The number of nitrogens with one attached hydrogen (secondary N) is 2. The molecule has 0 radical (unpaired) electrons. The Morgan fingerprint density at radius 2 is 0.966 bits per heavy atom. The fourth-order valence-electron chi connectivity index (χ4n) is 7.97. The summed E-state index contributed by atoms with van der Waals surface area (Å²) < 4.78 is 82.7. The number of benzene rings is 8. The van der Waals surface area contributed by atoms with Crippen LogP contribution in [0.5, 0.6) is 0 Å². The molecule has 0 aliphatic heterocycles. The first-order valence-corrected chi connectivity index (χ1v) is 23.0. The van der Waals surface area contributed by atoms with E-state index in [0.717, 1.165) is 48.6 Å². The van der Waals surface area contributed by atoms with Crippen LogP contribution in [-0.2, 0) is 18.5 Å². The molecular formula is C48H34BrF6N2OP. The number of hydrogen-bond donors (Lipinski definition) is 2. The molecule has 0 saturated carbocycles. The van der Waals surface area contributed by atoms with Crippen molar-refractivity contribution < 1.29 is 31.1 Å². The van der Waals surface area contributed by atoms with Crippen molar-refractivity contribution in [1.29, 1.82) is 0 Å². The van der Waals surface area contributed by atoms with Crippen LogP contribution in [0, 0.1) is 0 Å². The topological polar surface area (TPSA) is 41.1 Å². The number of halogens is 7. The molecule has 11 heteroatoms. The van der Waals surface area contributed by atoms with Gasteiger partial charge in [-0.3, -0.25) is 0 Å². The third-order valence-electron chi connectivity index (χ3n) is 10.6. The maximum absolute atomic E-state index is 13.9. The van der Waals surface area contributed by atoms with Gasteiger partial charge < -0.3 is 0 Å². The van der Waals surface area contributed by atoms with Gasteiger partial charge in [0.1, 0.15) is 0 Å². The Hall–Kier alpha value is -5.96. The van der Waals surface area contributed by atoms with E-state index < -0.39 is 40.5 Å². The summed E-state index contributed by atoms with van der Waals surface area (Å²) in [6.07, 6.45) is -9.64. The number of alkyl halides is 6. The number of hydrogen-bond acceptors (Lipinski definition) is 1. The molecule has 59 heavy (non-hydrogen) atoms. The predicted octanol–water partition coefficient (Wildman–Crippen LogP) is 13.7. The third kappa shape index (κ3) is 7.47. The van der Waals surface area contributed by atoms with Crippen LogP contribution in [0.15, 0.2) is 182 Å². The standard InChI is InChI=1S/C48H34BrF6N2OP/c49-59(38-18-6-2-7-19-38,39-20-8-3-9-21-39,31-32-14-4-1-5-15-32)43-27-25-34-17-11-13-23-41(34)45(43)44-40-22-12-10-16-33(40)24-26-42(44)57-46(58)56-37-29-35(47(50,51)52)28-36(30-37)48(53,54)55/h1-30H,31H2,(H2,56,57,58). The molecular weight excluding hydrogens is 845 g/mol. The van der Waals surface area contributed by atoms with Gasteiger partial charge in [-0.05, 0) is 0 Å². The Kier molecular flexibility index (Phi) is 10.4. The summed E-state index contributed by atoms with van der Waals surface area (Å²) in [5, 5.41) is 7.68. The van der Waals surface area contributed by atoms with Crippen LogP contribution in [0.1, 0.15) is 16.7 Å². The van der Waals surface area contributed by atoms with Crippen molar-refractivity contribution in [3.63, 3.8) is 0 Å². The van der Waals surface area contributed by atoms with E-state index in [0.29, 0.717) is 29.5 Å². The van der Waals surface area contributed by atoms with Crippen molar-refractivity contribution in [1.82, 2.24) is 0 Å². The summed E-state index contributed by atoms with van der Waals surface area (Å²) in [4.78, 5) is 13.9. The summed E-state index contributed by atoms with van der Waals surface area (Å²) in [6, 6.07) is 54.0. The molecule has 0 atom stereocenters. The second-order valence-corrected chi connectivity index (χ2v) is 23.2. The molecule has 8 aromatic carbocycles. The molecule has 3 nitrogen and oxygen atoms in total. The average Bonchev–Trinajstić information content (AvgIpc) is 3.23. The van der Waals surface area contributed by atoms with E-state index >= 15 is 0 Å². The predicted molar refractivity (Wildman–Crippen MR) is 234 cm³/mol. The SMILES string of the molecule is O=C(Nc1cc(C(F)(F)F)cc(C(F)(F)F)c1)Nc1ccc2ccccc2c1-c1c(P(Br)(Cc2ccccc2)(c2ccccc2)c2ccccc2)ccc2ccccc12. The van der Waals surface area contributed by atoms with E-state index in [1.807, 2.05) is 109 Å². The average molecular weight is 880 g/mol. The first kappa shape index (κ1) is 39.8. The normalized spacial score (nSPS) is 12.8. The number of carbonyl (C=O) groups excluding carboxylic acids is 1. The molecule has 8 rings (SSSR count). The Morgan fingerprint density at radius 3 is 1.49 bits per heavy atom. The number of fused-ring (bicyclic) bond motifs is 2. The van der Waals surface area contributed by atoms with Crippen LogP contribution in [-0.4, -0.2) is 6.03 Å². The monoisotopic (exact) mass is 878 g/mol. The molecule has 0 unspecified atom stereocenters. The second kappa shape index (κ2) is 15.3. The summed E-state index contributed by atoms with van der Waals surface area (Å²) in [7, 11) is 0. The number of urea groups is 1. The van der Waals surface area contributed by atoms with E-state index in [1.165, 1.54) is 0 Å². The van der Waals surface area contributed by atoms with E-state index in [2.05, 4.69) is 74.7 Å². The van der Waals surface area contributed by atoms with Crippen LogP contribution < -0.4 is 26.5 Å². The summed E-state index contributed by atoms with van der Waals surface area (Å²) >= 11 is 4.66. The number of rotatable bonds is 8. The molecule has 2 N–H and O–H groups in total. The van der Waals surface area contributed by atoms with E-state index in [4.69, 9.17) is 0 Å². The zero-order valence-electron chi connectivity index (χ0n) is 31.0. The zero-order valence-corrected chi connectivity index (χ0v) is 33.5. The van der Waals surface area contributed by atoms with Gasteiger partial charge in [0.25, 0.3) is 0 Å². The van der Waals surface area contributed by atoms with Gasteiger partial charge in [-0.2, -0.15) is 0 Å². The van der Waals surface area contributed by atoms with Crippen molar-refractivity contribution in [3.8, 4) is 11.1 Å². The molecule has 0 spiro atoms. The fourth-order valence-corrected chi connectivity index (χ4v) is 16.1. The van der Waals surface area contributed by atoms with Gasteiger partial charge >= 0.3 is 346 Å². The fraction of sp³-hybridized carbons (Fsp3) is 0.0625. The van der Waals surface area contributed by atoms with Gasteiger partial charge in [-0.25, -0.2) is 0 Å². The van der Waals surface area contributed by atoms with Crippen molar-refractivity contribution in [2.75, 3.05) is 10.6 Å². The van der Waals surface area contributed by atoms with Crippen molar-refractivity contribution in [2.24, 2.45) is 0 Å². The van der Waals surface area contributed by atoms with Crippen molar-refractivity contribution >= 4 is 75.7 Å². The minimum absolute atomic E-state index is 0.0213. The van der Waals surface area contributed by atoms with Gasteiger partial charge in [0, 0.05) is 0 Å². The van der Waals surface area contributed by atoms with E-state index in [-0.39, 0.29) is 6.07 Å². The van der Waals surface area contributed by atoms with Crippen LogP contribution in [0.2, 0.25) is 0 Å². The van der Waals surface area contributed by atoms with Crippen molar-refractivity contribution in [2.45, 2.75) is 18.5 Å².